The SMILES string of the molecule is CC[C@H](C)[C@H](NC(=O)N1CCN(C)CC1)C(=O)N[C@@H](CCc1ccccc1)C(=O)CO. The molecule has 0 aromatic heterocycles. The van der Waals surface area contributed by atoms with Crippen LogP contribution in [-0.2, 0) is 16.0 Å². The van der Waals surface area contributed by atoms with Gasteiger partial charge in [-0.2, -0.15) is 0 Å². The Balaban J connectivity index is 2.03. The Bertz CT molecular complexity index is 720. The van der Waals surface area contributed by atoms with Crippen LogP contribution in [-0.4, -0.2) is 84.5 Å². The van der Waals surface area contributed by atoms with Gasteiger partial charge < -0.3 is 25.5 Å². The largest absolute Gasteiger partial charge is 0.389 e. The number of carbonyl (C=O) groups excluding carboxylic acids is 3. The number of urea groups is 1. The quantitative estimate of drug-likeness (QED) is 0.513. The van der Waals surface area contributed by atoms with E-state index in [-0.39, 0.29) is 11.9 Å². The first-order valence-corrected chi connectivity index (χ1v) is 11.1. The summed E-state index contributed by atoms with van der Waals surface area (Å²) in [6.07, 6.45) is 1.68. The standard InChI is InChI=1S/C23H36N4O4/c1-4-17(2)21(25-23(31)27-14-12-26(3)13-15-27)22(30)24-19(20(29)16-28)11-10-18-8-6-5-7-9-18/h5-9,17,19,21,28H,4,10-16H2,1-3H3,(H,24,30)(H,25,31)/t17-,19-,21-/m0/s1. The fourth-order valence-corrected chi connectivity index (χ4v) is 3.58. The normalized spacial score (nSPS) is 17.5. The van der Waals surface area contributed by atoms with Gasteiger partial charge in [0, 0.05) is 26.2 Å². The maximum Gasteiger partial charge on any atom is 0.318 e. The van der Waals surface area contributed by atoms with Crippen molar-refractivity contribution in [2.45, 2.75) is 45.2 Å². The number of carbonyl (C=O) groups is 3. The van der Waals surface area contributed by atoms with Crippen LogP contribution in [0.1, 0.15) is 32.3 Å². The van der Waals surface area contributed by atoms with Crippen LogP contribution in [0.5, 0.6) is 0 Å². The molecule has 1 aromatic carbocycles. The highest BCUT2D eigenvalue weighted by Gasteiger charge is 2.31. The van der Waals surface area contributed by atoms with Crippen LogP contribution in [0, 0.1) is 5.92 Å². The minimum absolute atomic E-state index is 0.101. The fraction of sp³-hybridized carbons (Fsp3) is 0.609. The van der Waals surface area contributed by atoms with E-state index >= 15 is 0 Å². The Morgan fingerprint density at radius 3 is 2.29 bits per heavy atom. The molecule has 172 valence electrons. The van der Waals surface area contributed by atoms with Gasteiger partial charge in [0.25, 0.3) is 0 Å². The lowest BCUT2D eigenvalue weighted by Gasteiger charge is -2.34. The molecule has 1 aliphatic heterocycles. The predicted molar refractivity (Wildman–Crippen MR) is 120 cm³/mol. The van der Waals surface area contributed by atoms with E-state index in [1.807, 2.05) is 51.2 Å². The molecule has 0 saturated carbocycles. The van der Waals surface area contributed by atoms with Crippen molar-refractivity contribution in [3.8, 4) is 0 Å². The van der Waals surface area contributed by atoms with Crippen LogP contribution in [0.2, 0.25) is 0 Å². The molecule has 31 heavy (non-hydrogen) atoms. The highest BCUT2D eigenvalue weighted by atomic mass is 16.3. The Morgan fingerprint density at radius 2 is 1.71 bits per heavy atom. The fourth-order valence-electron chi connectivity index (χ4n) is 3.58. The maximum atomic E-state index is 13.1. The number of aliphatic hydroxyl groups excluding tert-OH is 1. The van der Waals surface area contributed by atoms with Gasteiger partial charge in [-0.25, -0.2) is 4.79 Å². The highest BCUT2D eigenvalue weighted by molar-refractivity contribution is 5.93. The van der Waals surface area contributed by atoms with E-state index in [2.05, 4.69) is 15.5 Å². The molecule has 1 saturated heterocycles. The third kappa shape index (κ3) is 7.63. The van der Waals surface area contributed by atoms with Crippen molar-refractivity contribution >= 4 is 17.7 Å². The molecule has 0 radical (unpaired) electrons. The summed E-state index contributed by atoms with van der Waals surface area (Å²) in [6.45, 7) is 6.03. The number of Topliss-reactive ketones (excluding diaryl/α,β-unsaturated/α-hetero) is 1. The first-order chi connectivity index (χ1) is 14.8. The number of likely N-dealkylation sites (N-methyl/N-ethyl adjacent to an activating group) is 1. The molecule has 0 spiro atoms. The number of aryl methyl sites for hydroxylation is 1. The molecule has 2 rings (SSSR count). The molecular formula is C23H36N4O4. The van der Waals surface area contributed by atoms with E-state index in [4.69, 9.17) is 0 Å². The van der Waals surface area contributed by atoms with Crippen molar-refractivity contribution in [2.24, 2.45) is 5.92 Å². The van der Waals surface area contributed by atoms with Gasteiger partial charge in [0.2, 0.25) is 5.91 Å². The number of rotatable bonds is 10. The van der Waals surface area contributed by atoms with Crippen LogP contribution in [0.3, 0.4) is 0 Å². The number of benzene rings is 1. The zero-order valence-electron chi connectivity index (χ0n) is 18.8. The first-order valence-electron chi connectivity index (χ1n) is 11.1. The minimum atomic E-state index is -0.801. The van der Waals surface area contributed by atoms with Crippen molar-refractivity contribution in [3.63, 3.8) is 0 Å². The van der Waals surface area contributed by atoms with Gasteiger partial charge in [0.1, 0.15) is 12.6 Å². The van der Waals surface area contributed by atoms with E-state index < -0.39 is 30.4 Å². The molecule has 0 aliphatic carbocycles. The molecule has 1 fully saturated rings. The van der Waals surface area contributed by atoms with E-state index in [0.29, 0.717) is 32.4 Å². The summed E-state index contributed by atoms with van der Waals surface area (Å²) in [7, 11) is 2.01. The second-order valence-electron chi connectivity index (χ2n) is 8.31. The molecule has 1 heterocycles. The molecule has 3 atom stereocenters. The molecule has 3 N–H and O–H groups in total. The first kappa shape index (κ1) is 24.8. The average Bonchev–Trinajstić information content (AvgIpc) is 2.79. The van der Waals surface area contributed by atoms with Crippen LogP contribution < -0.4 is 10.6 Å². The number of amides is 3. The Labute approximate surface area is 185 Å². The average molecular weight is 433 g/mol. The lowest BCUT2D eigenvalue weighted by atomic mass is 9.96. The van der Waals surface area contributed by atoms with Crippen molar-refractivity contribution in [3.05, 3.63) is 35.9 Å². The highest BCUT2D eigenvalue weighted by Crippen LogP contribution is 2.12. The van der Waals surface area contributed by atoms with Crippen molar-refractivity contribution in [1.82, 2.24) is 20.4 Å². The molecule has 8 heteroatoms. The minimum Gasteiger partial charge on any atom is -0.389 e. The van der Waals surface area contributed by atoms with Crippen LogP contribution >= 0.6 is 0 Å². The van der Waals surface area contributed by atoms with Crippen molar-refractivity contribution < 1.29 is 19.5 Å². The van der Waals surface area contributed by atoms with Crippen LogP contribution in [0.15, 0.2) is 30.3 Å². The van der Waals surface area contributed by atoms with Gasteiger partial charge in [-0.1, -0.05) is 50.6 Å². The number of hydrogen-bond acceptors (Lipinski definition) is 5. The molecule has 0 unspecified atom stereocenters. The molecule has 1 aliphatic rings. The smallest absolute Gasteiger partial charge is 0.318 e. The van der Waals surface area contributed by atoms with Gasteiger partial charge in [-0.15, -0.1) is 0 Å². The second kappa shape index (κ2) is 12.4. The Kier molecular flexibility index (Phi) is 9.94. The van der Waals surface area contributed by atoms with E-state index in [9.17, 15) is 19.5 Å². The number of piperazine rings is 1. The lowest BCUT2D eigenvalue weighted by molar-refractivity contribution is -0.131. The summed E-state index contributed by atoms with van der Waals surface area (Å²) in [5, 5.41) is 15.0. The van der Waals surface area contributed by atoms with E-state index in [1.165, 1.54) is 0 Å². The van der Waals surface area contributed by atoms with Crippen molar-refractivity contribution in [1.29, 1.82) is 0 Å². The molecule has 1 aromatic rings. The Morgan fingerprint density at radius 1 is 1.06 bits per heavy atom. The number of aliphatic hydroxyl groups is 1. The van der Waals surface area contributed by atoms with Gasteiger partial charge in [-0.05, 0) is 31.4 Å². The lowest BCUT2D eigenvalue weighted by Crippen LogP contribution is -2.58. The Hall–Kier alpha value is -2.45. The number of nitrogens with one attached hydrogen (secondary N) is 2. The van der Waals surface area contributed by atoms with Crippen LogP contribution in [0.4, 0.5) is 4.79 Å². The predicted octanol–water partition coefficient (Wildman–Crippen LogP) is 1.04. The number of ketones is 1. The van der Waals surface area contributed by atoms with Crippen molar-refractivity contribution in [2.75, 3.05) is 39.8 Å². The number of nitrogens with zero attached hydrogens (tertiary/aromatic N) is 2. The van der Waals surface area contributed by atoms with E-state index in [1.54, 1.807) is 4.90 Å². The zero-order chi connectivity index (χ0) is 22.8. The zero-order valence-corrected chi connectivity index (χ0v) is 18.8. The summed E-state index contributed by atoms with van der Waals surface area (Å²) in [6, 6.07) is 7.87. The topological polar surface area (TPSA) is 102 Å². The van der Waals surface area contributed by atoms with Gasteiger partial charge >= 0.3 is 6.03 Å². The van der Waals surface area contributed by atoms with Crippen LogP contribution in [0.25, 0.3) is 0 Å². The van der Waals surface area contributed by atoms with Gasteiger partial charge in [0.05, 0.1) is 6.04 Å². The molecular weight excluding hydrogens is 396 g/mol. The summed E-state index contributed by atoms with van der Waals surface area (Å²) in [5.41, 5.74) is 1.05. The summed E-state index contributed by atoms with van der Waals surface area (Å²) in [5.74, 6) is -0.926. The summed E-state index contributed by atoms with van der Waals surface area (Å²) >= 11 is 0. The molecule has 0 bridgehead atoms. The maximum absolute atomic E-state index is 13.1. The summed E-state index contributed by atoms with van der Waals surface area (Å²) < 4.78 is 0. The summed E-state index contributed by atoms with van der Waals surface area (Å²) in [4.78, 5) is 41.9. The number of hydrogen-bond donors (Lipinski definition) is 3. The monoisotopic (exact) mass is 432 g/mol. The third-order valence-electron chi connectivity index (χ3n) is 5.99. The molecule has 8 nitrogen and oxygen atoms in total. The molecule has 3 amide bonds. The third-order valence-corrected chi connectivity index (χ3v) is 5.99. The van der Waals surface area contributed by atoms with Gasteiger partial charge in [0.15, 0.2) is 5.78 Å². The van der Waals surface area contributed by atoms with Gasteiger partial charge in [-0.3, -0.25) is 9.59 Å². The second-order valence-corrected chi connectivity index (χ2v) is 8.31. The van der Waals surface area contributed by atoms with E-state index in [0.717, 1.165) is 18.7 Å².